The Morgan fingerprint density at radius 1 is 1.37 bits per heavy atom. The maximum absolute atomic E-state index is 11.8. The lowest BCUT2D eigenvalue weighted by Crippen LogP contribution is -2.54. The lowest BCUT2D eigenvalue weighted by Gasteiger charge is -2.27. The molecule has 4 heteroatoms. The van der Waals surface area contributed by atoms with Gasteiger partial charge in [0, 0.05) is 0 Å². The van der Waals surface area contributed by atoms with Crippen LogP contribution in [0.4, 0.5) is 0 Å². The first-order valence-electron chi connectivity index (χ1n) is 6.47. The Kier molecular flexibility index (Phi) is 5.36. The van der Waals surface area contributed by atoms with Crippen LogP contribution >= 0.6 is 0 Å². The maximum atomic E-state index is 11.8. The molecule has 1 unspecified atom stereocenters. The lowest BCUT2D eigenvalue weighted by atomic mass is 10.0. The van der Waals surface area contributed by atoms with Crippen molar-refractivity contribution in [3.63, 3.8) is 0 Å². The highest BCUT2D eigenvalue weighted by Crippen LogP contribution is 2.22. The number of esters is 1. The van der Waals surface area contributed by atoms with E-state index in [1.165, 1.54) is 12.7 Å². The van der Waals surface area contributed by atoms with E-state index in [-0.39, 0.29) is 12.6 Å². The van der Waals surface area contributed by atoms with Crippen molar-refractivity contribution in [2.75, 3.05) is 20.3 Å². The van der Waals surface area contributed by atoms with Gasteiger partial charge in [0.2, 0.25) is 0 Å². The Morgan fingerprint density at radius 2 is 2.05 bits per heavy atom. The minimum atomic E-state index is -0.834. The molecule has 0 spiro atoms. The first kappa shape index (κ1) is 15.5. The molecule has 0 fully saturated rings. The molecule has 1 atom stereocenters. The molecule has 1 N–H and O–H groups in total. The van der Waals surface area contributed by atoms with Gasteiger partial charge in [0.15, 0.2) is 0 Å². The van der Waals surface area contributed by atoms with Gasteiger partial charge in [-0.2, -0.15) is 0 Å². The Hall–Kier alpha value is -1.55. The quantitative estimate of drug-likeness (QED) is 0.801. The van der Waals surface area contributed by atoms with Gasteiger partial charge in [-0.15, -0.1) is 0 Å². The predicted molar refractivity (Wildman–Crippen MR) is 75.5 cm³/mol. The molecule has 106 valence electrons. The first-order chi connectivity index (χ1) is 8.94. The second-order valence-electron chi connectivity index (χ2n) is 4.84. The van der Waals surface area contributed by atoms with Crippen LogP contribution in [0.5, 0.6) is 5.75 Å². The van der Waals surface area contributed by atoms with Crippen LogP contribution in [0.3, 0.4) is 0 Å². The van der Waals surface area contributed by atoms with Crippen molar-refractivity contribution in [3.8, 4) is 5.75 Å². The van der Waals surface area contributed by atoms with E-state index in [1.54, 1.807) is 6.92 Å². The molecule has 0 amide bonds. The average Bonchev–Trinajstić information content (AvgIpc) is 2.40. The molecule has 1 aromatic carbocycles. The number of carbonyl (C=O) groups is 1. The number of nitrogens with one attached hydrogen (secondary N) is 1. The van der Waals surface area contributed by atoms with Crippen molar-refractivity contribution in [3.05, 3.63) is 29.3 Å². The van der Waals surface area contributed by atoms with Crippen LogP contribution in [0, 0.1) is 13.8 Å². The molecule has 1 rings (SSSR count). The fraction of sp³-hybridized carbons (Fsp3) is 0.533. The van der Waals surface area contributed by atoms with E-state index in [4.69, 9.17) is 9.47 Å². The van der Waals surface area contributed by atoms with Crippen LogP contribution in [-0.2, 0) is 9.53 Å². The summed E-state index contributed by atoms with van der Waals surface area (Å²) in [5, 5.41) is 3.11. The highest BCUT2D eigenvalue weighted by atomic mass is 16.5. The summed E-state index contributed by atoms with van der Waals surface area (Å²) in [6.07, 6.45) is 0. The second-order valence-corrected chi connectivity index (χ2v) is 4.84. The topological polar surface area (TPSA) is 47.6 Å². The number of ether oxygens (including phenoxy) is 2. The molecule has 0 aliphatic heterocycles. The van der Waals surface area contributed by atoms with E-state index in [2.05, 4.69) is 5.32 Å². The number of carbonyl (C=O) groups excluding carboxylic acids is 1. The summed E-state index contributed by atoms with van der Waals surface area (Å²) in [5.74, 6) is 0.479. The number of hydrogen-bond donors (Lipinski definition) is 1. The smallest absolute Gasteiger partial charge is 0.329 e. The summed E-state index contributed by atoms with van der Waals surface area (Å²) in [7, 11) is 1.38. The fourth-order valence-electron chi connectivity index (χ4n) is 1.90. The minimum Gasteiger partial charge on any atom is -0.491 e. The molecule has 0 saturated carbocycles. The lowest BCUT2D eigenvalue weighted by molar-refractivity contribution is -0.149. The van der Waals surface area contributed by atoms with Crippen molar-refractivity contribution in [2.45, 2.75) is 33.2 Å². The van der Waals surface area contributed by atoms with Crippen LogP contribution in [0.2, 0.25) is 0 Å². The second kappa shape index (κ2) is 6.57. The molecule has 1 aromatic rings. The third kappa shape index (κ3) is 3.70. The van der Waals surface area contributed by atoms with Gasteiger partial charge in [0.1, 0.15) is 17.9 Å². The number of methoxy groups -OCH3 is 1. The van der Waals surface area contributed by atoms with Crippen molar-refractivity contribution in [1.29, 1.82) is 0 Å². The molecule has 0 aliphatic rings. The van der Waals surface area contributed by atoms with Crippen LogP contribution in [-0.4, -0.2) is 31.8 Å². The zero-order chi connectivity index (χ0) is 14.5. The van der Waals surface area contributed by atoms with Gasteiger partial charge in [-0.25, -0.2) is 4.79 Å². The van der Waals surface area contributed by atoms with Gasteiger partial charge in [-0.05, 0) is 44.5 Å². The largest absolute Gasteiger partial charge is 0.491 e. The average molecular weight is 265 g/mol. The molecular weight excluding hydrogens is 242 g/mol. The standard InChI is InChI=1S/C15H23NO3/c1-6-16-15(4,14(17)18-5)10-19-13-9-7-8-11(2)12(13)3/h7-9,16H,6,10H2,1-5H3. The van der Waals surface area contributed by atoms with Gasteiger partial charge in [0.05, 0.1) is 7.11 Å². The Balaban J connectivity index is 2.82. The van der Waals surface area contributed by atoms with E-state index in [9.17, 15) is 4.79 Å². The van der Waals surface area contributed by atoms with E-state index in [0.717, 1.165) is 11.3 Å². The zero-order valence-electron chi connectivity index (χ0n) is 12.4. The van der Waals surface area contributed by atoms with Crippen molar-refractivity contribution in [2.24, 2.45) is 0 Å². The summed E-state index contributed by atoms with van der Waals surface area (Å²) in [4.78, 5) is 11.8. The third-order valence-corrected chi connectivity index (χ3v) is 3.27. The molecule has 4 nitrogen and oxygen atoms in total. The van der Waals surface area contributed by atoms with Gasteiger partial charge in [-0.1, -0.05) is 19.1 Å². The molecule has 0 aromatic heterocycles. The SMILES string of the molecule is CCNC(C)(COc1cccc(C)c1C)C(=O)OC. The van der Waals surface area contributed by atoms with Gasteiger partial charge >= 0.3 is 5.97 Å². The van der Waals surface area contributed by atoms with Crippen LogP contribution < -0.4 is 10.1 Å². The Bertz CT molecular complexity index is 445. The molecule has 0 saturated heterocycles. The van der Waals surface area contributed by atoms with Crippen molar-refractivity contribution in [1.82, 2.24) is 5.32 Å². The molecule has 19 heavy (non-hydrogen) atoms. The fourth-order valence-corrected chi connectivity index (χ4v) is 1.90. The van der Waals surface area contributed by atoms with E-state index >= 15 is 0 Å². The van der Waals surface area contributed by atoms with Gasteiger partial charge in [0.25, 0.3) is 0 Å². The summed E-state index contributed by atoms with van der Waals surface area (Å²) < 4.78 is 10.6. The number of likely N-dealkylation sites (N-methyl/N-ethyl adjacent to an activating group) is 1. The highest BCUT2D eigenvalue weighted by molar-refractivity contribution is 5.80. The first-order valence-corrected chi connectivity index (χ1v) is 6.47. The minimum absolute atomic E-state index is 0.234. The van der Waals surface area contributed by atoms with Gasteiger partial charge in [-0.3, -0.25) is 5.32 Å². The number of aryl methyl sites for hydroxylation is 1. The van der Waals surface area contributed by atoms with Crippen molar-refractivity contribution >= 4 is 5.97 Å². The van der Waals surface area contributed by atoms with E-state index < -0.39 is 5.54 Å². The zero-order valence-corrected chi connectivity index (χ0v) is 12.4. The summed E-state index contributed by atoms with van der Waals surface area (Å²) in [6, 6.07) is 5.89. The van der Waals surface area contributed by atoms with E-state index in [1.807, 2.05) is 39.0 Å². The number of benzene rings is 1. The predicted octanol–water partition coefficient (Wildman–Crippen LogP) is 2.22. The number of rotatable bonds is 6. The summed E-state index contributed by atoms with van der Waals surface area (Å²) in [5.41, 5.74) is 1.42. The Labute approximate surface area is 115 Å². The highest BCUT2D eigenvalue weighted by Gasteiger charge is 2.34. The molecule has 0 bridgehead atoms. The van der Waals surface area contributed by atoms with Crippen molar-refractivity contribution < 1.29 is 14.3 Å². The molecular formula is C15H23NO3. The van der Waals surface area contributed by atoms with E-state index in [0.29, 0.717) is 6.54 Å². The monoisotopic (exact) mass is 265 g/mol. The Morgan fingerprint density at radius 3 is 2.63 bits per heavy atom. The molecule has 0 radical (unpaired) electrons. The van der Waals surface area contributed by atoms with Crippen LogP contribution in [0.25, 0.3) is 0 Å². The molecule has 0 aliphatic carbocycles. The maximum Gasteiger partial charge on any atom is 0.329 e. The van der Waals surface area contributed by atoms with Crippen LogP contribution in [0.1, 0.15) is 25.0 Å². The number of hydrogen-bond acceptors (Lipinski definition) is 4. The summed E-state index contributed by atoms with van der Waals surface area (Å²) in [6.45, 7) is 8.67. The van der Waals surface area contributed by atoms with Crippen LogP contribution in [0.15, 0.2) is 18.2 Å². The normalized spacial score (nSPS) is 13.7. The molecule has 0 heterocycles. The summed E-state index contributed by atoms with van der Waals surface area (Å²) >= 11 is 0. The third-order valence-electron chi connectivity index (χ3n) is 3.27. The van der Waals surface area contributed by atoms with Gasteiger partial charge < -0.3 is 9.47 Å².